The molecule has 0 atom stereocenters. The molecule has 0 aromatic rings. The SMILES string of the molecule is C/C=C\CC.CCF. The van der Waals surface area contributed by atoms with E-state index in [2.05, 4.69) is 19.1 Å². The molecule has 0 aliphatic carbocycles. The van der Waals surface area contributed by atoms with Gasteiger partial charge in [-0.1, -0.05) is 19.1 Å². The monoisotopic (exact) mass is 118 g/mol. The summed E-state index contributed by atoms with van der Waals surface area (Å²) in [5.41, 5.74) is 0. The van der Waals surface area contributed by atoms with Crippen LogP contribution in [0.3, 0.4) is 0 Å². The first-order valence-corrected chi connectivity index (χ1v) is 3.00. The third-order valence-corrected chi connectivity index (χ3v) is 0.471. The molecule has 0 bridgehead atoms. The van der Waals surface area contributed by atoms with Gasteiger partial charge in [0.25, 0.3) is 0 Å². The fourth-order valence-electron chi connectivity index (χ4n) is 0.236. The van der Waals surface area contributed by atoms with E-state index in [0.29, 0.717) is 0 Å². The maximum absolute atomic E-state index is 10.3. The highest BCUT2D eigenvalue weighted by Crippen LogP contribution is 1.73. The Morgan fingerprint density at radius 2 is 1.75 bits per heavy atom. The molecule has 0 spiro atoms. The number of allylic oxidation sites excluding steroid dienone is 2. The minimum Gasteiger partial charge on any atom is -0.251 e. The predicted molar refractivity (Wildman–Crippen MR) is 36.8 cm³/mol. The van der Waals surface area contributed by atoms with Crippen LogP contribution in [0.2, 0.25) is 0 Å². The van der Waals surface area contributed by atoms with Gasteiger partial charge < -0.3 is 0 Å². The number of hydrogen-bond acceptors (Lipinski definition) is 0. The van der Waals surface area contributed by atoms with Gasteiger partial charge in [-0.25, -0.2) is 0 Å². The van der Waals surface area contributed by atoms with Crippen LogP contribution >= 0.6 is 0 Å². The summed E-state index contributed by atoms with van der Waals surface area (Å²) in [4.78, 5) is 0. The van der Waals surface area contributed by atoms with Crippen LogP contribution in [0.5, 0.6) is 0 Å². The summed E-state index contributed by atoms with van der Waals surface area (Å²) < 4.78 is 10.3. The van der Waals surface area contributed by atoms with E-state index in [1.165, 1.54) is 6.92 Å². The van der Waals surface area contributed by atoms with Crippen molar-refractivity contribution < 1.29 is 4.39 Å². The van der Waals surface area contributed by atoms with E-state index in [4.69, 9.17) is 0 Å². The number of halogens is 1. The van der Waals surface area contributed by atoms with Crippen molar-refractivity contribution in [1.29, 1.82) is 0 Å². The molecular weight excluding hydrogens is 103 g/mol. The molecule has 50 valence electrons. The van der Waals surface area contributed by atoms with Gasteiger partial charge in [0, 0.05) is 0 Å². The molecule has 0 N–H and O–H groups in total. The highest BCUT2D eigenvalue weighted by Gasteiger charge is 1.52. The van der Waals surface area contributed by atoms with E-state index in [0.717, 1.165) is 6.42 Å². The van der Waals surface area contributed by atoms with Crippen LogP contribution < -0.4 is 0 Å². The Balaban J connectivity index is 0. The lowest BCUT2D eigenvalue weighted by molar-refractivity contribution is 0.527. The van der Waals surface area contributed by atoms with E-state index in [-0.39, 0.29) is 6.67 Å². The predicted octanol–water partition coefficient (Wildman–Crippen LogP) is 2.95. The summed E-state index contributed by atoms with van der Waals surface area (Å²) in [5.74, 6) is 0. The van der Waals surface area contributed by atoms with E-state index >= 15 is 0 Å². The lowest BCUT2D eigenvalue weighted by atomic mass is 10.4. The van der Waals surface area contributed by atoms with E-state index in [1.807, 2.05) is 6.92 Å². The summed E-state index contributed by atoms with van der Waals surface area (Å²) in [7, 11) is 0. The molecule has 0 heterocycles. The van der Waals surface area contributed by atoms with Gasteiger partial charge in [-0.2, -0.15) is 0 Å². The molecule has 0 aromatic heterocycles. The number of rotatable bonds is 1. The van der Waals surface area contributed by atoms with Crippen molar-refractivity contribution in [3.05, 3.63) is 12.2 Å². The third kappa shape index (κ3) is 44.3. The van der Waals surface area contributed by atoms with Gasteiger partial charge in [0.1, 0.15) is 0 Å². The van der Waals surface area contributed by atoms with Crippen molar-refractivity contribution in [2.45, 2.75) is 27.2 Å². The molecule has 0 saturated carbocycles. The fourth-order valence-corrected chi connectivity index (χ4v) is 0.236. The van der Waals surface area contributed by atoms with Crippen LogP contribution in [0.15, 0.2) is 12.2 Å². The third-order valence-electron chi connectivity index (χ3n) is 0.471. The van der Waals surface area contributed by atoms with Crippen molar-refractivity contribution in [1.82, 2.24) is 0 Å². The zero-order valence-electron chi connectivity index (χ0n) is 5.95. The summed E-state index contributed by atoms with van der Waals surface area (Å²) in [6.45, 7) is 5.36. The largest absolute Gasteiger partial charge is 0.251 e. The average molecular weight is 118 g/mol. The van der Waals surface area contributed by atoms with Crippen molar-refractivity contribution in [3.8, 4) is 0 Å². The first-order valence-electron chi connectivity index (χ1n) is 3.00. The molecule has 0 aromatic carbocycles. The second-order valence-electron chi connectivity index (χ2n) is 1.24. The molecule has 0 amide bonds. The van der Waals surface area contributed by atoms with Crippen LogP contribution in [0.1, 0.15) is 27.2 Å². The van der Waals surface area contributed by atoms with Crippen LogP contribution in [-0.2, 0) is 0 Å². The molecule has 0 aliphatic rings. The van der Waals surface area contributed by atoms with Gasteiger partial charge in [0.15, 0.2) is 0 Å². The molecule has 0 nitrogen and oxygen atoms in total. The Morgan fingerprint density at radius 1 is 1.38 bits per heavy atom. The first kappa shape index (κ1) is 10.6. The minimum absolute atomic E-state index is 0.250. The number of alkyl halides is 1. The van der Waals surface area contributed by atoms with Crippen LogP contribution in [-0.4, -0.2) is 6.67 Å². The molecule has 8 heavy (non-hydrogen) atoms. The van der Waals surface area contributed by atoms with Gasteiger partial charge in [0.2, 0.25) is 0 Å². The van der Waals surface area contributed by atoms with Crippen LogP contribution in [0.25, 0.3) is 0 Å². The zero-order valence-corrected chi connectivity index (χ0v) is 5.95. The molecule has 0 rings (SSSR count). The van der Waals surface area contributed by atoms with Gasteiger partial charge in [0.05, 0.1) is 6.67 Å². The molecule has 1 heteroatoms. The summed E-state index contributed by atoms with van der Waals surface area (Å²) in [6.07, 6.45) is 5.34. The van der Waals surface area contributed by atoms with Crippen molar-refractivity contribution in [2.24, 2.45) is 0 Å². The molecule has 0 fully saturated rings. The maximum Gasteiger partial charge on any atom is 0.0866 e. The number of hydrogen-bond donors (Lipinski definition) is 0. The van der Waals surface area contributed by atoms with E-state index in [9.17, 15) is 4.39 Å². The van der Waals surface area contributed by atoms with Crippen molar-refractivity contribution in [2.75, 3.05) is 6.67 Å². The molecular formula is C7H15F. The summed E-state index contributed by atoms with van der Waals surface area (Å²) in [6, 6.07) is 0. The van der Waals surface area contributed by atoms with E-state index in [1.54, 1.807) is 0 Å². The van der Waals surface area contributed by atoms with Crippen molar-refractivity contribution >= 4 is 0 Å². The second-order valence-corrected chi connectivity index (χ2v) is 1.24. The Kier molecular flexibility index (Phi) is 21.1. The average Bonchev–Trinajstić information content (AvgIpc) is 1.71. The zero-order chi connectivity index (χ0) is 6.83. The minimum atomic E-state index is -0.250. The van der Waals surface area contributed by atoms with Crippen LogP contribution in [0, 0.1) is 0 Å². The highest BCUT2D eigenvalue weighted by atomic mass is 19.1. The van der Waals surface area contributed by atoms with Gasteiger partial charge >= 0.3 is 0 Å². The van der Waals surface area contributed by atoms with E-state index < -0.39 is 0 Å². The van der Waals surface area contributed by atoms with Crippen LogP contribution in [0.4, 0.5) is 4.39 Å². The molecule has 0 radical (unpaired) electrons. The topological polar surface area (TPSA) is 0 Å². The maximum atomic E-state index is 10.3. The van der Waals surface area contributed by atoms with Crippen molar-refractivity contribution in [3.63, 3.8) is 0 Å². The Labute approximate surface area is 51.4 Å². The molecule has 0 saturated heterocycles. The first-order chi connectivity index (χ1) is 3.83. The summed E-state index contributed by atoms with van der Waals surface area (Å²) >= 11 is 0. The summed E-state index contributed by atoms with van der Waals surface area (Å²) in [5, 5.41) is 0. The Morgan fingerprint density at radius 3 is 1.75 bits per heavy atom. The normalized spacial score (nSPS) is 8.50. The second kappa shape index (κ2) is 15.9. The highest BCUT2D eigenvalue weighted by molar-refractivity contribution is 4.73. The molecule has 0 unspecified atom stereocenters. The standard InChI is InChI=1S/C5H10.C2H5F/c1-3-5-4-2;1-2-3/h3,5H,4H2,1-2H3;2H2,1H3/b5-3-;. The Hall–Kier alpha value is -0.330. The van der Waals surface area contributed by atoms with Gasteiger partial charge in [-0.05, 0) is 20.3 Å². The fraction of sp³-hybridized carbons (Fsp3) is 0.714. The smallest absolute Gasteiger partial charge is 0.0866 e. The van der Waals surface area contributed by atoms with Gasteiger partial charge in [-0.3, -0.25) is 4.39 Å². The molecule has 0 aliphatic heterocycles. The lowest BCUT2D eigenvalue weighted by Gasteiger charge is -1.65. The quantitative estimate of drug-likeness (QED) is 0.464. The van der Waals surface area contributed by atoms with Gasteiger partial charge in [-0.15, -0.1) is 0 Å². The Bertz CT molecular complexity index is 39.7. The lowest BCUT2D eigenvalue weighted by Crippen LogP contribution is -1.43.